The van der Waals surface area contributed by atoms with E-state index >= 15 is 0 Å². The molecule has 0 aromatic rings. The van der Waals surface area contributed by atoms with Gasteiger partial charge in [0.25, 0.3) is 0 Å². The highest BCUT2D eigenvalue weighted by molar-refractivity contribution is 4.88. The van der Waals surface area contributed by atoms with Crippen LogP contribution in [0.25, 0.3) is 0 Å². The maximum absolute atomic E-state index is 9.83. The normalized spacial score (nSPS) is 14.4. The van der Waals surface area contributed by atoms with Crippen LogP contribution in [0, 0.1) is 0 Å². The third-order valence-electron chi connectivity index (χ3n) is 3.89. The molecule has 0 amide bonds. The van der Waals surface area contributed by atoms with E-state index < -0.39 is 6.10 Å². The van der Waals surface area contributed by atoms with E-state index in [1.165, 1.54) is 44.9 Å². The molecular weight excluding hydrogens is 292 g/mol. The first-order valence-corrected chi connectivity index (χ1v) is 9.42. The third kappa shape index (κ3) is 17.8. The Morgan fingerprint density at radius 1 is 0.913 bits per heavy atom. The molecule has 0 aliphatic rings. The van der Waals surface area contributed by atoms with Crippen molar-refractivity contribution < 1.29 is 20.1 Å². The molecule has 0 aromatic heterocycles. The van der Waals surface area contributed by atoms with E-state index in [4.69, 9.17) is 14.9 Å². The van der Waals surface area contributed by atoms with E-state index in [1.54, 1.807) is 0 Å². The van der Waals surface area contributed by atoms with Gasteiger partial charge in [-0.25, -0.2) is 0 Å². The van der Waals surface area contributed by atoms with Gasteiger partial charge >= 0.3 is 0 Å². The Labute approximate surface area is 142 Å². The van der Waals surface area contributed by atoms with Gasteiger partial charge in [0.1, 0.15) is 6.10 Å². The molecule has 0 radical (unpaired) electrons. The summed E-state index contributed by atoms with van der Waals surface area (Å²) < 4.78 is 5.22. The second kappa shape index (κ2) is 17.9. The summed E-state index contributed by atoms with van der Waals surface area (Å²) in [6.45, 7) is 2.72. The average Bonchev–Trinajstić information content (AvgIpc) is 2.56. The van der Waals surface area contributed by atoms with E-state index in [0.29, 0.717) is 6.61 Å². The fraction of sp³-hybridized carbons (Fsp3) is 0.895. The van der Waals surface area contributed by atoms with Crippen LogP contribution in [0.5, 0.6) is 0 Å². The second-order valence-electron chi connectivity index (χ2n) is 6.31. The average molecular weight is 331 g/mol. The van der Waals surface area contributed by atoms with E-state index in [-0.39, 0.29) is 19.3 Å². The van der Waals surface area contributed by atoms with Crippen LogP contribution in [0.2, 0.25) is 0 Å². The van der Waals surface area contributed by atoms with Crippen LogP contribution < -0.4 is 0 Å². The van der Waals surface area contributed by atoms with Gasteiger partial charge in [-0.3, -0.25) is 0 Å². The summed E-state index contributed by atoms with van der Waals surface area (Å²) in [6, 6.07) is 0. The smallest absolute Gasteiger partial charge is 0.100 e. The first-order valence-electron chi connectivity index (χ1n) is 9.42. The van der Waals surface area contributed by atoms with E-state index in [0.717, 1.165) is 25.7 Å². The molecule has 3 N–H and O–H groups in total. The molecule has 0 aliphatic carbocycles. The van der Waals surface area contributed by atoms with E-state index in [2.05, 4.69) is 13.0 Å². The van der Waals surface area contributed by atoms with Crippen molar-refractivity contribution >= 4 is 0 Å². The maximum atomic E-state index is 9.83. The Bertz CT molecular complexity index is 256. The largest absolute Gasteiger partial charge is 0.394 e. The number of hydrogen-bond acceptors (Lipinski definition) is 4. The van der Waals surface area contributed by atoms with Crippen molar-refractivity contribution in [3.8, 4) is 0 Å². The van der Waals surface area contributed by atoms with Crippen molar-refractivity contribution in [2.45, 2.75) is 89.8 Å². The van der Waals surface area contributed by atoms with Gasteiger partial charge in [-0.05, 0) is 32.1 Å². The molecule has 0 bridgehead atoms. The predicted octanol–water partition coefficient (Wildman–Crippen LogP) is 3.58. The Balaban J connectivity index is 3.30. The minimum absolute atomic E-state index is 0.178. The number of unbranched alkanes of at least 4 members (excludes halogenated alkanes) is 8. The number of rotatable bonds is 17. The zero-order valence-electron chi connectivity index (χ0n) is 15.0. The van der Waals surface area contributed by atoms with Gasteiger partial charge in [0.05, 0.1) is 19.3 Å². The summed E-state index contributed by atoms with van der Waals surface area (Å²) in [4.78, 5) is 0. The lowest BCUT2D eigenvalue weighted by Gasteiger charge is -2.09. The summed E-state index contributed by atoms with van der Waals surface area (Å²) >= 11 is 0. The summed E-state index contributed by atoms with van der Waals surface area (Å²) in [5, 5.41) is 27.5. The molecule has 4 heteroatoms. The highest BCUT2D eigenvalue weighted by Crippen LogP contribution is 2.09. The zero-order chi connectivity index (χ0) is 17.2. The zero-order valence-corrected chi connectivity index (χ0v) is 15.0. The van der Waals surface area contributed by atoms with Gasteiger partial charge in [0.15, 0.2) is 0 Å². The number of ether oxygens (including phenoxy) is 1. The molecular formula is C19H38O4. The minimum atomic E-state index is -0.782. The molecule has 4 nitrogen and oxygen atoms in total. The molecule has 138 valence electrons. The van der Waals surface area contributed by atoms with Gasteiger partial charge < -0.3 is 20.1 Å². The molecule has 0 rings (SSSR count). The molecule has 2 atom stereocenters. The van der Waals surface area contributed by atoms with Crippen LogP contribution in [-0.2, 0) is 4.74 Å². The SMILES string of the molecule is CCCCCCCCC/C=C/[C@@H](O)CCCCOC[C@@H](O)CO. The van der Waals surface area contributed by atoms with Gasteiger partial charge in [0, 0.05) is 6.61 Å². The summed E-state index contributed by atoms with van der Waals surface area (Å²) in [7, 11) is 0. The molecule has 0 saturated heterocycles. The fourth-order valence-electron chi connectivity index (χ4n) is 2.40. The summed E-state index contributed by atoms with van der Waals surface area (Å²) in [5.74, 6) is 0. The highest BCUT2D eigenvalue weighted by Gasteiger charge is 2.02. The monoisotopic (exact) mass is 330 g/mol. The molecule has 0 fully saturated rings. The quantitative estimate of drug-likeness (QED) is 0.282. The Hall–Kier alpha value is -0.420. The minimum Gasteiger partial charge on any atom is -0.394 e. The van der Waals surface area contributed by atoms with Gasteiger partial charge in [0.2, 0.25) is 0 Å². The van der Waals surface area contributed by atoms with Crippen LogP contribution in [0.15, 0.2) is 12.2 Å². The first-order chi connectivity index (χ1) is 11.2. The van der Waals surface area contributed by atoms with Gasteiger partial charge in [-0.2, -0.15) is 0 Å². The van der Waals surface area contributed by atoms with Crippen molar-refractivity contribution in [2.75, 3.05) is 19.8 Å². The lowest BCUT2D eigenvalue weighted by atomic mass is 10.1. The second-order valence-corrected chi connectivity index (χ2v) is 6.31. The lowest BCUT2D eigenvalue weighted by molar-refractivity contribution is 0.00490. The Kier molecular flexibility index (Phi) is 17.6. The van der Waals surface area contributed by atoms with Crippen molar-refractivity contribution in [1.29, 1.82) is 0 Å². The van der Waals surface area contributed by atoms with Crippen LogP contribution in [0.3, 0.4) is 0 Å². The van der Waals surface area contributed by atoms with Crippen molar-refractivity contribution in [3.05, 3.63) is 12.2 Å². The molecule has 0 spiro atoms. The predicted molar refractivity (Wildman–Crippen MR) is 95.5 cm³/mol. The Morgan fingerprint density at radius 3 is 2.30 bits per heavy atom. The maximum Gasteiger partial charge on any atom is 0.100 e. The van der Waals surface area contributed by atoms with Crippen LogP contribution in [-0.4, -0.2) is 47.3 Å². The summed E-state index contributed by atoms with van der Waals surface area (Å²) in [6.07, 6.45) is 15.7. The standard InChI is InChI=1S/C19H38O4/c1-2-3-4-5-6-7-8-9-10-13-18(21)14-11-12-15-23-17-19(22)16-20/h10,13,18-22H,2-9,11-12,14-17H2,1H3/b13-10+/t18-,19+/m1/s1. The fourth-order valence-corrected chi connectivity index (χ4v) is 2.40. The summed E-state index contributed by atoms with van der Waals surface area (Å²) in [5.41, 5.74) is 0. The topological polar surface area (TPSA) is 69.9 Å². The number of aliphatic hydroxyl groups is 3. The highest BCUT2D eigenvalue weighted by atomic mass is 16.5. The van der Waals surface area contributed by atoms with E-state index in [9.17, 15) is 5.11 Å². The van der Waals surface area contributed by atoms with E-state index in [1.807, 2.05) is 6.08 Å². The van der Waals surface area contributed by atoms with Crippen molar-refractivity contribution in [1.82, 2.24) is 0 Å². The van der Waals surface area contributed by atoms with Crippen LogP contribution in [0.4, 0.5) is 0 Å². The van der Waals surface area contributed by atoms with Crippen LogP contribution in [0.1, 0.15) is 77.6 Å². The molecule has 23 heavy (non-hydrogen) atoms. The molecule has 0 unspecified atom stereocenters. The molecule has 0 saturated carbocycles. The van der Waals surface area contributed by atoms with Gasteiger partial charge in [-0.1, -0.05) is 57.6 Å². The Morgan fingerprint density at radius 2 is 1.61 bits per heavy atom. The van der Waals surface area contributed by atoms with Crippen molar-refractivity contribution in [3.63, 3.8) is 0 Å². The molecule has 0 aliphatic heterocycles. The number of aliphatic hydroxyl groups excluding tert-OH is 3. The number of hydrogen-bond donors (Lipinski definition) is 3. The molecule has 0 heterocycles. The lowest BCUT2D eigenvalue weighted by Crippen LogP contribution is -2.19. The van der Waals surface area contributed by atoms with Crippen molar-refractivity contribution in [2.24, 2.45) is 0 Å². The number of allylic oxidation sites excluding steroid dienone is 1. The van der Waals surface area contributed by atoms with Crippen LogP contribution >= 0.6 is 0 Å². The first kappa shape index (κ1) is 22.6. The third-order valence-corrected chi connectivity index (χ3v) is 3.89. The molecule has 0 aromatic carbocycles. The van der Waals surface area contributed by atoms with Gasteiger partial charge in [-0.15, -0.1) is 0 Å².